The van der Waals surface area contributed by atoms with Crippen molar-refractivity contribution in [2.45, 2.75) is 25.7 Å². The van der Waals surface area contributed by atoms with Crippen molar-refractivity contribution in [1.82, 2.24) is 19.9 Å². The average Bonchev–Trinajstić information content (AvgIpc) is 2.37. The van der Waals surface area contributed by atoms with Gasteiger partial charge in [-0.2, -0.15) is 0 Å². The number of nitrogens with zero attached hydrogens (tertiary/aromatic N) is 4. The fourth-order valence-electron chi connectivity index (χ4n) is 1.48. The maximum absolute atomic E-state index is 4.18. The molecule has 2 heterocycles. The predicted octanol–water partition coefficient (Wildman–Crippen LogP) is 1.83. The third-order valence-electron chi connectivity index (χ3n) is 2.29. The third kappa shape index (κ3) is 3.38. The van der Waals surface area contributed by atoms with Gasteiger partial charge in [0, 0.05) is 37.6 Å². The first-order chi connectivity index (χ1) is 7.95. The molecule has 2 aromatic heterocycles. The molecule has 2 rings (SSSR count). The molecular formula is C12H14N4. The molecule has 0 saturated heterocycles. The van der Waals surface area contributed by atoms with Crippen LogP contribution < -0.4 is 0 Å². The van der Waals surface area contributed by atoms with Crippen molar-refractivity contribution < 1.29 is 0 Å². The highest BCUT2D eigenvalue weighted by Gasteiger charge is 1.97. The average molecular weight is 214 g/mol. The smallest absolute Gasteiger partial charge is 0.128 e. The van der Waals surface area contributed by atoms with Gasteiger partial charge in [0.1, 0.15) is 11.6 Å². The molecule has 0 saturated carbocycles. The first kappa shape index (κ1) is 10.7. The number of aryl methyl sites for hydroxylation is 2. The van der Waals surface area contributed by atoms with Gasteiger partial charge >= 0.3 is 0 Å². The van der Waals surface area contributed by atoms with Crippen molar-refractivity contribution in [3.63, 3.8) is 0 Å². The van der Waals surface area contributed by atoms with E-state index in [9.17, 15) is 0 Å². The molecule has 2 aromatic rings. The van der Waals surface area contributed by atoms with Gasteiger partial charge in [0.15, 0.2) is 0 Å². The zero-order valence-electron chi connectivity index (χ0n) is 9.08. The van der Waals surface area contributed by atoms with E-state index in [2.05, 4.69) is 19.9 Å². The molecule has 0 N–H and O–H groups in total. The van der Waals surface area contributed by atoms with Crippen molar-refractivity contribution in [1.29, 1.82) is 0 Å². The van der Waals surface area contributed by atoms with Crippen molar-refractivity contribution >= 4 is 0 Å². The molecule has 0 aliphatic rings. The number of hydrogen-bond donors (Lipinski definition) is 0. The fourth-order valence-corrected chi connectivity index (χ4v) is 1.48. The monoisotopic (exact) mass is 214 g/mol. The maximum Gasteiger partial charge on any atom is 0.128 e. The molecule has 0 atom stereocenters. The Hall–Kier alpha value is -1.84. The van der Waals surface area contributed by atoms with Crippen molar-refractivity contribution in [2.75, 3.05) is 0 Å². The van der Waals surface area contributed by atoms with Gasteiger partial charge in [0.25, 0.3) is 0 Å². The number of unbranched alkanes of at least 4 members (excludes halogenated alkanes) is 1. The van der Waals surface area contributed by atoms with Crippen LogP contribution in [0.3, 0.4) is 0 Å². The van der Waals surface area contributed by atoms with Gasteiger partial charge in [0.2, 0.25) is 0 Å². The van der Waals surface area contributed by atoms with Crippen LogP contribution in [-0.2, 0) is 12.8 Å². The van der Waals surface area contributed by atoms with Crippen molar-refractivity contribution in [2.24, 2.45) is 0 Å². The molecular weight excluding hydrogens is 200 g/mol. The van der Waals surface area contributed by atoms with Crippen LogP contribution in [0.15, 0.2) is 36.9 Å². The van der Waals surface area contributed by atoms with Gasteiger partial charge in [-0.1, -0.05) is 0 Å². The molecule has 0 amide bonds. The second kappa shape index (κ2) is 5.90. The third-order valence-corrected chi connectivity index (χ3v) is 2.29. The Morgan fingerprint density at radius 2 is 1.00 bits per heavy atom. The molecule has 0 unspecified atom stereocenters. The van der Waals surface area contributed by atoms with E-state index in [0.717, 1.165) is 37.3 Å². The highest BCUT2D eigenvalue weighted by Crippen LogP contribution is 2.02. The summed E-state index contributed by atoms with van der Waals surface area (Å²) >= 11 is 0. The summed E-state index contributed by atoms with van der Waals surface area (Å²) in [5, 5.41) is 0. The Labute approximate surface area is 94.8 Å². The molecule has 0 spiro atoms. The summed E-state index contributed by atoms with van der Waals surface area (Å²) in [4.78, 5) is 16.7. The van der Waals surface area contributed by atoms with Crippen LogP contribution in [0.5, 0.6) is 0 Å². The summed E-state index contributed by atoms with van der Waals surface area (Å²) in [6.07, 6.45) is 11.1. The largest absolute Gasteiger partial charge is 0.241 e. The van der Waals surface area contributed by atoms with E-state index in [1.165, 1.54) is 0 Å². The zero-order chi connectivity index (χ0) is 11.1. The minimum Gasteiger partial charge on any atom is -0.241 e. The van der Waals surface area contributed by atoms with E-state index in [4.69, 9.17) is 0 Å². The molecule has 0 radical (unpaired) electrons. The number of rotatable bonds is 5. The van der Waals surface area contributed by atoms with E-state index >= 15 is 0 Å². The zero-order valence-corrected chi connectivity index (χ0v) is 9.08. The second-order valence-electron chi connectivity index (χ2n) is 3.54. The Bertz CT molecular complexity index is 360. The lowest BCUT2D eigenvalue weighted by atomic mass is 10.2. The van der Waals surface area contributed by atoms with Crippen LogP contribution in [0.25, 0.3) is 0 Å². The van der Waals surface area contributed by atoms with E-state index in [1.54, 1.807) is 24.8 Å². The summed E-state index contributed by atoms with van der Waals surface area (Å²) in [5.74, 6) is 1.83. The fraction of sp³-hybridized carbons (Fsp3) is 0.333. The summed E-state index contributed by atoms with van der Waals surface area (Å²) < 4.78 is 0. The van der Waals surface area contributed by atoms with Crippen LogP contribution in [0.2, 0.25) is 0 Å². The lowest BCUT2D eigenvalue weighted by Gasteiger charge is -1.99. The summed E-state index contributed by atoms with van der Waals surface area (Å²) in [5.41, 5.74) is 0. The molecule has 0 aromatic carbocycles. The van der Waals surface area contributed by atoms with E-state index < -0.39 is 0 Å². The lowest BCUT2D eigenvalue weighted by molar-refractivity contribution is 0.686. The molecule has 4 nitrogen and oxygen atoms in total. The van der Waals surface area contributed by atoms with Gasteiger partial charge in [-0.3, -0.25) is 0 Å². The van der Waals surface area contributed by atoms with Gasteiger partial charge in [-0.05, 0) is 25.0 Å². The van der Waals surface area contributed by atoms with Crippen LogP contribution in [0.1, 0.15) is 24.5 Å². The standard InChI is InChI=1S/C12H14N4/c1(5-11-13-7-3-8-14-11)2-6-12-15-9-4-10-16-12/h3-4,7-10H,1-2,5-6H2. The predicted molar refractivity (Wildman–Crippen MR) is 60.7 cm³/mol. The first-order valence-corrected chi connectivity index (χ1v) is 5.47. The first-order valence-electron chi connectivity index (χ1n) is 5.47. The Morgan fingerprint density at radius 3 is 1.38 bits per heavy atom. The molecule has 16 heavy (non-hydrogen) atoms. The highest BCUT2D eigenvalue weighted by molar-refractivity contribution is 4.90. The normalized spacial score (nSPS) is 10.2. The SMILES string of the molecule is c1cnc(CCCCc2ncccn2)nc1. The van der Waals surface area contributed by atoms with E-state index in [0.29, 0.717) is 0 Å². The van der Waals surface area contributed by atoms with E-state index in [1.807, 2.05) is 12.1 Å². The molecule has 0 bridgehead atoms. The molecule has 4 heteroatoms. The van der Waals surface area contributed by atoms with Crippen molar-refractivity contribution in [3.05, 3.63) is 48.6 Å². The minimum absolute atomic E-state index is 0.913. The van der Waals surface area contributed by atoms with Gasteiger partial charge in [0.05, 0.1) is 0 Å². The Morgan fingerprint density at radius 1 is 0.625 bits per heavy atom. The number of aromatic nitrogens is 4. The van der Waals surface area contributed by atoms with Crippen molar-refractivity contribution in [3.8, 4) is 0 Å². The Balaban J connectivity index is 1.70. The van der Waals surface area contributed by atoms with Crippen LogP contribution >= 0.6 is 0 Å². The summed E-state index contributed by atoms with van der Waals surface area (Å²) in [7, 11) is 0. The van der Waals surface area contributed by atoms with Gasteiger partial charge in [-0.25, -0.2) is 19.9 Å². The van der Waals surface area contributed by atoms with Crippen LogP contribution in [0, 0.1) is 0 Å². The van der Waals surface area contributed by atoms with Crippen LogP contribution in [0.4, 0.5) is 0 Å². The lowest BCUT2D eigenvalue weighted by Crippen LogP contribution is -1.96. The van der Waals surface area contributed by atoms with Gasteiger partial charge < -0.3 is 0 Å². The minimum atomic E-state index is 0.913. The highest BCUT2D eigenvalue weighted by atomic mass is 14.9. The topological polar surface area (TPSA) is 51.6 Å². The number of hydrogen-bond acceptors (Lipinski definition) is 4. The maximum atomic E-state index is 4.18. The second-order valence-corrected chi connectivity index (χ2v) is 3.54. The molecule has 0 aliphatic heterocycles. The molecule has 0 fully saturated rings. The molecule has 82 valence electrons. The summed E-state index contributed by atoms with van der Waals surface area (Å²) in [6.45, 7) is 0. The van der Waals surface area contributed by atoms with E-state index in [-0.39, 0.29) is 0 Å². The van der Waals surface area contributed by atoms with Gasteiger partial charge in [-0.15, -0.1) is 0 Å². The Kier molecular flexibility index (Phi) is 3.94. The molecule has 0 aliphatic carbocycles. The quantitative estimate of drug-likeness (QED) is 0.712. The van der Waals surface area contributed by atoms with Crippen LogP contribution in [-0.4, -0.2) is 19.9 Å². The summed E-state index contributed by atoms with van der Waals surface area (Å²) in [6, 6.07) is 3.67.